The molecular weight excluding hydrogens is 244 g/mol. The van der Waals surface area contributed by atoms with Gasteiger partial charge in [-0.3, -0.25) is 4.98 Å². The van der Waals surface area contributed by atoms with Crippen LogP contribution in [0.5, 0.6) is 0 Å². The van der Waals surface area contributed by atoms with Crippen molar-refractivity contribution in [1.82, 2.24) is 4.98 Å². The summed E-state index contributed by atoms with van der Waals surface area (Å²) in [6.07, 6.45) is 2.72. The largest absolute Gasteiger partial charge is 0.324 e. The van der Waals surface area contributed by atoms with Crippen molar-refractivity contribution in [3.8, 4) is 0 Å². The minimum Gasteiger partial charge on any atom is -0.324 e. The number of aryl methyl sites for hydroxylation is 1. The summed E-state index contributed by atoms with van der Waals surface area (Å²) in [5, 5.41) is 1.14. The smallest absolute Gasteiger partial charge is 0.0702 e. The first-order chi connectivity index (χ1) is 9.72. The molecule has 0 aliphatic carbocycles. The number of aromatic nitrogens is 1. The van der Waals surface area contributed by atoms with Crippen LogP contribution in [0.15, 0.2) is 60.8 Å². The van der Waals surface area contributed by atoms with E-state index in [1.165, 1.54) is 11.1 Å². The van der Waals surface area contributed by atoms with E-state index in [-0.39, 0.29) is 6.04 Å². The van der Waals surface area contributed by atoms with Crippen LogP contribution < -0.4 is 5.73 Å². The molecule has 2 heteroatoms. The zero-order valence-electron chi connectivity index (χ0n) is 11.6. The maximum absolute atomic E-state index is 6.32. The fraction of sp³-hybridized carbons (Fsp3) is 0.167. The monoisotopic (exact) mass is 262 g/mol. The topological polar surface area (TPSA) is 38.9 Å². The molecule has 20 heavy (non-hydrogen) atoms. The van der Waals surface area contributed by atoms with E-state index in [4.69, 9.17) is 5.73 Å². The Morgan fingerprint density at radius 1 is 1.05 bits per heavy atom. The lowest BCUT2D eigenvalue weighted by molar-refractivity contribution is 0.719. The van der Waals surface area contributed by atoms with E-state index in [2.05, 4.69) is 48.3 Å². The van der Waals surface area contributed by atoms with E-state index in [9.17, 15) is 0 Å². The van der Waals surface area contributed by atoms with Crippen molar-refractivity contribution < 1.29 is 0 Å². The van der Waals surface area contributed by atoms with Gasteiger partial charge in [0.2, 0.25) is 0 Å². The van der Waals surface area contributed by atoms with Gasteiger partial charge in [-0.25, -0.2) is 0 Å². The highest BCUT2D eigenvalue weighted by Gasteiger charge is 2.08. The molecule has 0 amide bonds. The van der Waals surface area contributed by atoms with Crippen LogP contribution in [0, 0.1) is 6.92 Å². The Kier molecular flexibility index (Phi) is 3.48. The molecule has 0 aliphatic rings. The third-order valence-corrected chi connectivity index (χ3v) is 3.62. The molecule has 3 rings (SSSR count). The van der Waals surface area contributed by atoms with Gasteiger partial charge in [0.05, 0.1) is 5.52 Å². The first kappa shape index (κ1) is 12.8. The summed E-state index contributed by atoms with van der Waals surface area (Å²) in [5.41, 5.74) is 10.9. The van der Waals surface area contributed by atoms with E-state index in [1.807, 2.05) is 24.4 Å². The van der Waals surface area contributed by atoms with Crippen molar-refractivity contribution in [2.75, 3.05) is 0 Å². The Labute approximate surface area is 119 Å². The van der Waals surface area contributed by atoms with Gasteiger partial charge < -0.3 is 5.73 Å². The predicted octanol–water partition coefficient (Wildman–Crippen LogP) is 3.79. The van der Waals surface area contributed by atoms with Crippen molar-refractivity contribution in [1.29, 1.82) is 0 Å². The van der Waals surface area contributed by atoms with Crippen molar-refractivity contribution >= 4 is 10.9 Å². The van der Waals surface area contributed by atoms with E-state index in [0.29, 0.717) is 0 Å². The lowest BCUT2D eigenvalue weighted by Gasteiger charge is -2.12. The molecule has 0 aliphatic heterocycles. The number of hydrogen-bond acceptors (Lipinski definition) is 2. The molecule has 1 aromatic heterocycles. The summed E-state index contributed by atoms with van der Waals surface area (Å²) in [7, 11) is 0. The highest BCUT2D eigenvalue weighted by molar-refractivity contribution is 5.78. The van der Waals surface area contributed by atoms with Gasteiger partial charge in [-0.15, -0.1) is 0 Å². The number of rotatable bonds is 3. The van der Waals surface area contributed by atoms with Crippen LogP contribution in [0.1, 0.15) is 22.7 Å². The van der Waals surface area contributed by atoms with E-state index >= 15 is 0 Å². The fourth-order valence-electron chi connectivity index (χ4n) is 2.39. The molecule has 0 saturated carbocycles. The first-order valence-electron chi connectivity index (χ1n) is 6.88. The quantitative estimate of drug-likeness (QED) is 0.780. The number of pyridine rings is 1. The molecule has 0 fully saturated rings. The molecule has 2 aromatic carbocycles. The molecule has 100 valence electrons. The van der Waals surface area contributed by atoms with Crippen molar-refractivity contribution in [2.24, 2.45) is 5.73 Å². The van der Waals surface area contributed by atoms with Gasteiger partial charge in [-0.05, 0) is 36.6 Å². The van der Waals surface area contributed by atoms with Crippen LogP contribution in [0.4, 0.5) is 0 Å². The third-order valence-electron chi connectivity index (χ3n) is 3.62. The molecule has 0 radical (unpaired) electrons. The van der Waals surface area contributed by atoms with Gasteiger partial charge in [0.1, 0.15) is 0 Å². The van der Waals surface area contributed by atoms with Gasteiger partial charge in [0, 0.05) is 17.6 Å². The molecule has 3 aromatic rings. The number of benzene rings is 2. The normalized spacial score (nSPS) is 12.5. The second-order valence-corrected chi connectivity index (χ2v) is 5.26. The molecule has 1 atom stereocenters. The minimum absolute atomic E-state index is 0.0187. The molecular formula is C18H18N2. The number of nitrogens with zero attached hydrogens (tertiary/aromatic N) is 1. The summed E-state index contributed by atoms with van der Waals surface area (Å²) < 4.78 is 0. The van der Waals surface area contributed by atoms with E-state index in [1.54, 1.807) is 0 Å². The van der Waals surface area contributed by atoms with Crippen LogP contribution >= 0.6 is 0 Å². The first-order valence-corrected chi connectivity index (χ1v) is 6.88. The molecule has 2 nitrogen and oxygen atoms in total. The summed E-state index contributed by atoms with van der Waals surface area (Å²) in [4.78, 5) is 4.48. The van der Waals surface area contributed by atoms with Crippen molar-refractivity contribution in [2.45, 2.75) is 19.4 Å². The Bertz CT molecular complexity index is 717. The van der Waals surface area contributed by atoms with E-state index < -0.39 is 0 Å². The Morgan fingerprint density at radius 3 is 2.60 bits per heavy atom. The number of fused-ring (bicyclic) bond motifs is 1. The lowest BCUT2D eigenvalue weighted by Crippen LogP contribution is -2.13. The second kappa shape index (κ2) is 5.43. The molecule has 0 saturated heterocycles. The fourth-order valence-corrected chi connectivity index (χ4v) is 2.39. The zero-order chi connectivity index (χ0) is 13.9. The number of para-hydroxylation sites is 1. The average Bonchev–Trinajstić information content (AvgIpc) is 2.49. The van der Waals surface area contributed by atoms with Crippen molar-refractivity contribution in [3.05, 3.63) is 77.5 Å². The lowest BCUT2D eigenvalue weighted by atomic mass is 9.99. The van der Waals surface area contributed by atoms with Gasteiger partial charge >= 0.3 is 0 Å². The second-order valence-electron chi connectivity index (χ2n) is 5.26. The van der Waals surface area contributed by atoms with Crippen LogP contribution in [0.2, 0.25) is 0 Å². The Morgan fingerprint density at radius 2 is 1.80 bits per heavy atom. The van der Waals surface area contributed by atoms with Gasteiger partial charge in [0.15, 0.2) is 0 Å². The molecule has 1 unspecified atom stereocenters. The van der Waals surface area contributed by atoms with Crippen LogP contribution in [-0.4, -0.2) is 4.98 Å². The summed E-state index contributed by atoms with van der Waals surface area (Å²) in [6, 6.07) is 18.8. The molecule has 0 bridgehead atoms. The molecule has 2 N–H and O–H groups in total. The standard InChI is InChI=1S/C18H18N2/c1-13-6-8-14(9-7-13)10-17(19)16-11-15-4-2-3-5-18(15)20-12-16/h2-9,11-12,17H,10,19H2,1H3. The number of hydrogen-bond donors (Lipinski definition) is 1. The van der Waals surface area contributed by atoms with Crippen molar-refractivity contribution in [3.63, 3.8) is 0 Å². The summed E-state index contributed by atoms with van der Waals surface area (Å²) in [5.74, 6) is 0. The van der Waals surface area contributed by atoms with Crippen LogP contribution in [-0.2, 0) is 6.42 Å². The maximum atomic E-state index is 6.32. The van der Waals surface area contributed by atoms with Gasteiger partial charge in [-0.1, -0.05) is 48.0 Å². The van der Waals surface area contributed by atoms with Gasteiger partial charge in [0.25, 0.3) is 0 Å². The minimum atomic E-state index is -0.0187. The highest BCUT2D eigenvalue weighted by Crippen LogP contribution is 2.20. The Balaban J connectivity index is 1.84. The number of nitrogens with two attached hydrogens (primary N) is 1. The third kappa shape index (κ3) is 2.70. The van der Waals surface area contributed by atoms with E-state index in [0.717, 1.165) is 22.9 Å². The summed E-state index contributed by atoms with van der Waals surface area (Å²) >= 11 is 0. The Hall–Kier alpha value is -2.19. The average molecular weight is 262 g/mol. The van der Waals surface area contributed by atoms with Crippen LogP contribution in [0.3, 0.4) is 0 Å². The van der Waals surface area contributed by atoms with Crippen LogP contribution in [0.25, 0.3) is 10.9 Å². The summed E-state index contributed by atoms with van der Waals surface area (Å²) in [6.45, 7) is 2.09. The molecule has 0 spiro atoms. The predicted molar refractivity (Wildman–Crippen MR) is 83.6 cm³/mol. The highest BCUT2D eigenvalue weighted by atomic mass is 14.7. The molecule has 1 heterocycles. The zero-order valence-corrected chi connectivity index (χ0v) is 11.6. The van der Waals surface area contributed by atoms with Gasteiger partial charge in [-0.2, -0.15) is 0 Å². The maximum Gasteiger partial charge on any atom is 0.0702 e. The SMILES string of the molecule is Cc1ccc(CC(N)c2cnc3ccccc3c2)cc1.